The van der Waals surface area contributed by atoms with Crippen LogP contribution in [0.4, 0.5) is 0 Å². The Hall–Kier alpha value is -1.78. The number of nitrogens with one attached hydrogen (secondary N) is 1. The van der Waals surface area contributed by atoms with E-state index in [4.69, 9.17) is 16.0 Å². The van der Waals surface area contributed by atoms with Crippen molar-refractivity contribution >= 4 is 17.5 Å². The van der Waals surface area contributed by atoms with E-state index >= 15 is 0 Å². The lowest BCUT2D eigenvalue weighted by Gasteiger charge is -2.33. The van der Waals surface area contributed by atoms with Gasteiger partial charge in [0.25, 0.3) is 0 Å². The van der Waals surface area contributed by atoms with Gasteiger partial charge >= 0.3 is 0 Å². The summed E-state index contributed by atoms with van der Waals surface area (Å²) >= 11 is 5.97. The number of halogens is 1. The molecule has 0 saturated carbocycles. The summed E-state index contributed by atoms with van der Waals surface area (Å²) in [7, 11) is 4.01. The highest BCUT2D eigenvalue weighted by atomic mass is 35.5. The lowest BCUT2D eigenvalue weighted by atomic mass is 9.93. The first kappa shape index (κ1) is 18.6. The van der Waals surface area contributed by atoms with Crippen molar-refractivity contribution in [2.75, 3.05) is 20.6 Å². The van der Waals surface area contributed by atoms with Crippen molar-refractivity contribution in [3.05, 3.63) is 59.0 Å². The smallest absolute Gasteiger partial charge is 0.228 e. The lowest BCUT2D eigenvalue weighted by molar-refractivity contribution is -0.123. The van der Waals surface area contributed by atoms with Gasteiger partial charge in [-0.2, -0.15) is 0 Å². The fraction of sp³-hybridized carbons (Fsp3) is 0.421. The molecule has 1 atom stereocenters. The van der Waals surface area contributed by atoms with Crippen LogP contribution in [0.2, 0.25) is 5.02 Å². The molecule has 0 aliphatic heterocycles. The van der Waals surface area contributed by atoms with Crippen molar-refractivity contribution < 1.29 is 9.21 Å². The van der Waals surface area contributed by atoms with Crippen LogP contribution in [0.5, 0.6) is 0 Å². The number of benzene rings is 1. The van der Waals surface area contributed by atoms with Crippen LogP contribution in [0.15, 0.2) is 47.1 Å². The Kier molecular flexibility index (Phi) is 6.08. The van der Waals surface area contributed by atoms with Gasteiger partial charge in [-0.15, -0.1) is 0 Å². The van der Waals surface area contributed by atoms with Crippen LogP contribution >= 0.6 is 11.6 Å². The highest BCUT2D eigenvalue weighted by molar-refractivity contribution is 6.30. The molecule has 2 rings (SSSR count). The second-order valence-electron chi connectivity index (χ2n) is 6.81. The first-order valence-electron chi connectivity index (χ1n) is 8.02. The molecule has 1 N–H and O–H groups in total. The van der Waals surface area contributed by atoms with E-state index in [9.17, 15) is 4.79 Å². The predicted molar refractivity (Wildman–Crippen MR) is 97.4 cm³/mol. The first-order chi connectivity index (χ1) is 11.3. The Morgan fingerprint density at radius 3 is 2.46 bits per heavy atom. The molecule has 0 aliphatic carbocycles. The molecule has 0 aliphatic rings. The van der Waals surface area contributed by atoms with Gasteiger partial charge in [0.05, 0.1) is 12.2 Å². The number of likely N-dealkylation sites (N-methyl/N-ethyl adjacent to an activating group) is 1. The number of rotatable bonds is 7. The number of hydrogen-bond donors (Lipinski definition) is 1. The average molecular weight is 349 g/mol. The molecule has 4 nitrogen and oxygen atoms in total. The van der Waals surface area contributed by atoms with E-state index in [1.54, 1.807) is 6.26 Å². The molecule has 5 heteroatoms. The van der Waals surface area contributed by atoms with Crippen LogP contribution in [-0.4, -0.2) is 37.0 Å². The zero-order valence-electron chi connectivity index (χ0n) is 14.7. The number of furan rings is 1. The van der Waals surface area contributed by atoms with Crippen molar-refractivity contribution in [3.63, 3.8) is 0 Å². The van der Waals surface area contributed by atoms with Crippen molar-refractivity contribution in [1.82, 2.24) is 10.2 Å². The van der Waals surface area contributed by atoms with E-state index in [0.717, 1.165) is 11.3 Å². The Morgan fingerprint density at radius 1 is 1.25 bits per heavy atom. The minimum Gasteiger partial charge on any atom is -0.469 e. The molecule has 1 amide bonds. The number of carbonyl (C=O) groups is 1. The van der Waals surface area contributed by atoms with Crippen molar-refractivity contribution in [1.29, 1.82) is 0 Å². The summed E-state index contributed by atoms with van der Waals surface area (Å²) in [6.45, 7) is 4.76. The van der Waals surface area contributed by atoms with Crippen molar-refractivity contribution in [2.45, 2.75) is 31.7 Å². The third-order valence-corrected chi connectivity index (χ3v) is 4.73. The monoisotopic (exact) mass is 348 g/mol. The molecule has 0 bridgehead atoms. The molecule has 1 aromatic carbocycles. The molecule has 1 aromatic heterocycles. The molecule has 130 valence electrons. The number of nitrogens with zero attached hydrogens (tertiary/aromatic N) is 1. The normalized spacial score (nSPS) is 13.1. The van der Waals surface area contributed by atoms with E-state index in [1.807, 2.05) is 50.5 Å². The third-order valence-electron chi connectivity index (χ3n) is 4.48. The summed E-state index contributed by atoms with van der Waals surface area (Å²) in [6.07, 6.45) is 2.14. The van der Waals surface area contributed by atoms with Crippen LogP contribution in [0.25, 0.3) is 0 Å². The van der Waals surface area contributed by atoms with Crippen LogP contribution in [0.1, 0.15) is 31.1 Å². The molecule has 1 heterocycles. The molecule has 0 spiro atoms. The van der Waals surface area contributed by atoms with Crippen LogP contribution in [0.3, 0.4) is 0 Å². The number of amides is 1. The maximum Gasteiger partial charge on any atom is 0.228 e. The minimum absolute atomic E-state index is 0.0105. The summed E-state index contributed by atoms with van der Waals surface area (Å²) in [5.41, 5.74) is 0.807. The van der Waals surface area contributed by atoms with E-state index < -0.39 is 0 Å². The topological polar surface area (TPSA) is 45.5 Å². The third kappa shape index (κ3) is 4.86. The summed E-state index contributed by atoms with van der Waals surface area (Å²) in [5, 5.41) is 3.73. The molecule has 2 aromatic rings. The Balaban J connectivity index is 2.15. The van der Waals surface area contributed by atoms with Gasteiger partial charge in [-0.1, -0.05) is 23.7 Å². The first-order valence-corrected chi connectivity index (χ1v) is 8.40. The predicted octanol–water partition coefficient (Wildman–Crippen LogP) is 3.72. The summed E-state index contributed by atoms with van der Waals surface area (Å²) in [6, 6.07) is 11.1. The molecule has 24 heavy (non-hydrogen) atoms. The second-order valence-corrected chi connectivity index (χ2v) is 7.25. The van der Waals surface area contributed by atoms with Crippen molar-refractivity contribution in [2.24, 2.45) is 0 Å². The quantitative estimate of drug-likeness (QED) is 0.829. The van der Waals surface area contributed by atoms with Crippen molar-refractivity contribution in [3.8, 4) is 0 Å². The Bertz CT molecular complexity index is 649. The highest BCUT2D eigenvalue weighted by Gasteiger charge is 2.26. The molecule has 0 saturated heterocycles. The van der Waals surface area contributed by atoms with E-state index in [0.29, 0.717) is 18.0 Å². The van der Waals surface area contributed by atoms with Gasteiger partial charge < -0.3 is 14.6 Å². The zero-order chi connectivity index (χ0) is 17.7. The van der Waals surface area contributed by atoms with E-state index in [2.05, 4.69) is 24.1 Å². The van der Waals surface area contributed by atoms with Crippen LogP contribution in [0, 0.1) is 0 Å². The fourth-order valence-corrected chi connectivity index (χ4v) is 2.40. The largest absolute Gasteiger partial charge is 0.469 e. The number of carbonyl (C=O) groups excluding carboxylic acids is 1. The van der Waals surface area contributed by atoms with E-state index in [-0.39, 0.29) is 17.4 Å². The van der Waals surface area contributed by atoms with Gasteiger partial charge in [-0.3, -0.25) is 4.79 Å². The second kappa shape index (κ2) is 7.86. The summed E-state index contributed by atoms with van der Waals surface area (Å²) < 4.78 is 5.43. The van der Waals surface area contributed by atoms with Gasteiger partial charge in [0.15, 0.2) is 0 Å². The molecule has 1 unspecified atom stereocenters. The van der Waals surface area contributed by atoms with Crippen LogP contribution in [-0.2, 0) is 11.2 Å². The SMILES string of the molecule is CN(C)C(C)(C)CNC(=O)C(Cc1ccco1)c1ccc(Cl)cc1. The molecular formula is C19H25ClN2O2. The standard InChI is InChI=1S/C19H25ClN2O2/c1-19(2,22(3)4)13-21-18(23)17(12-16-6-5-11-24-16)14-7-9-15(20)10-8-14/h5-11,17H,12-13H2,1-4H3,(H,21,23). The van der Waals surface area contributed by atoms with Gasteiger partial charge in [-0.05, 0) is 57.8 Å². The number of hydrogen-bond acceptors (Lipinski definition) is 3. The maximum atomic E-state index is 12.8. The van der Waals surface area contributed by atoms with Gasteiger partial charge in [-0.25, -0.2) is 0 Å². The average Bonchev–Trinajstić information content (AvgIpc) is 3.04. The van der Waals surface area contributed by atoms with Gasteiger partial charge in [0.2, 0.25) is 5.91 Å². The summed E-state index contributed by atoms with van der Waals surface area (Å²) in [4.78, 5) is 14.9. The highest BCUT2D eigenvalue weighted by Crippen LogP contribution is 2.24. The molecular weight excluding hydrogens is 324 g/mol. The van der Waals surface area contributed by atoms with Gasteiger partial charge in [0, 0.05) is 23.5 Å². The summed E-state index contributed by atoms with van der Waals surface area (Å²) in [5.74, 6) is 0.465. The van der Waals surface area contributed by atoms with E-state index in [1.165, 1.54) is 0 Å². The van der Waals surface area contributed by atoms with Gasteiger partial charge in [0.1, 0.15) is 5.76 Å². The Labute approximate surface area is 148 Å². The maximum absolute atomic E-state index is 12.8. The molecule has 0 fully saturated rings. The Morgan fingerprint density at radius 2 is 1.92 bits per heavy atom. The minimum atomic E-state index is -0.314. The van der Waals surface area contributed by atoms with Crippen LogP contribution < -0.4 is 5.32 Å². The lowest BCUT2D eigenvalue weighted by Crippen LogP contribution is -2.49. The molecule has 0 radical (unpaired) electrons. The fourth-order valence-electron chi connectivity index (χ4n) is 2.27. The zero-order valence-corrected chi connectivity index (χ0v) is 15.4.